The molecule has 0 spiro atoms. The minimum absolute atomic E-state index is 0.0515. The number of nitro groups is 1. The molecule has 0 radical (unpaired) electrons. The van der Waals surface area contributed by atoms with Crippen molar-refractivity contribution in [3.63, 3.8) is 0 Å². The largest absolute Gasteiger partial charge is 0.373 e. The highest BCUT2D eigenvalue weighted by molar-refractivity contribution is 6.42. The maximum atomic E-state index is 11.0. The summed E-state index contributed by atoms with van der Waals surface area (Å²) in [4.78, 5) is 10.6. The summed E-state index contributed by atoms with van der Waals surface area (Å²) in [6.45, 7) is 1.84. The van der Waals surface area contributed by atoms with Crippen molar-refractivity contribution in [2.75, 3.05) is 5.32 Å². The molecule has 0 saturated heterocycles. The van der Waals surface area contributed by atoms with Gasteiger partial charge in [-0.2, -0.15) is 0 Å². The van der Waals surface area contributed by atoms with E-state index in [1.54, 1.807) is 12.1 Å². The molecule has 7 heteroatoms. The average molecular weight is 346 g/mol. The molecule has 1 unspecified atom stereocenters. The Labute approximate surface area is 136 Å². The van der Waals surface area contributed by atoms with Crippen LogP contribution in [0.1, 0.15) is 18.5 Å². The highest BCUT2D eigenvalue weighted by Crippen LogP contribution is 2.34. The Kier molecular flexibility index (Phi) is 4.93. The Bertz CT molecular complexity index is 692. The van der Waals surface area contributed by atoms with Gasteiger partial charge in [-0.15, -0.1) is 0 Å². The zero-order chi connectivity index (χ0) is 15.6. The second kappa shape index (κ2) is 6.52. The van der Waals surface area contributed by atoms with Gasteiger partial charge in [0.1, 0.15) is 5.69 Å². The van der Waals surface area contributed by atoms with Crippen LogP contribution in [0.4, 0.5) is 11.4 Å². The molecule has 0 saturated carbocycles. The fourth-order valence-corrected chi connectivity index (χ4v) is 2.59. The van der Waals surface area contributed by atoms with E-state index in [1.807, 2.05) is 13.0 Å². The van der Waals surface area contributed by atoms with Gasteiger partial charge in [-0.05, 0) is 30.7 Å². The van der Waals surface area contributed by atoms with E-state index in [-0.39, 0.29) is 11.7 Å². The van der Waals surface area contributed by atoms with Crippen LogP contribution < -0.4 is 5.32 Å². The standard InChI is InChI=1S/C14H11Cl3N2O2/c1-8(10-3-2-4-11(16)14(10)17)18-12-7-9(15)5-6-13(12)19(20)21/h2-8,18H,1H3. The lowest BCUT2D eigenvalue weighted by atomic mass is 10.1. The van der Waals surface area contributed by atoms with E-state index in [0.29, 0.717) is 20.8 Å². The average Bonchev–Trinajstić information content (AvgIpc) is 2.41. The third-order valence-corrected chi connectivity index (χ3v) is 4.04. The summed E-state index contributed by atoms with van der Waals surface area (Å²) in [5, 5.41) is 15.4. The molecule has 0 fully saturated rings. The van der Waals surface area contributed by atoms with Gasteiger partial charge in [0.25, 0.3) is 5.69 Å². The van der Waals surface area contributed by atoms with Crippen LogP contribution in [0.2, 0.25) is 15.1 Å². The number of anilines is 1. The molecule has 0 aliphatic carbocycles. The lowest BCUT2D eigenvalue weighted by Crippen LogP contribution is -2.09. The molecule has 0 bridgehead atoms. The maximum absolute atomic E-state index is 11.0. The van der Waals surface area contributed by atoms with Crippen LogP contribution in [-0.4, -0.2) is 4.92 Å². The molecule has 0 heterocycles. The molecule has 0 aliphatic rings. The first-order chi connectivity index (χ1) is 9.90. The number of rotatable bonds is 4. The van der Waals surface area contributed by atoms with Crippen molar-refractivity contribution in [1.82, 2.24) is 0 Å². The fourth-order valence-electron chi connectivity index (χ4n) is 1.95. The van der Waals surface area contributed by atoms with Crippen LogP contribution in [0, 0.1) is 10.1 Å². The van der Waals surface area contributed by atoms with Gasteiger partial charge in [-0.1, -0.05) is 46.9 Å². The number of nitrogens with one attached hydrogen (secondary N) is 1. The number of nitrogens with zero attached hydrogens (tertiary/aromatic N) is 1. The normalized spacial score (nSPS) is 12.0. The maximum Gasteiger partial charge on any atom is 0.292 e. The first-order valence-corrected chi connectivity index (χ1v) is 7.18. The van der Waals surface area contributed by atoms with Gasteiger partial charge < -0.3 is 5.32 Å². The number of benzene rings is 2. The molecule has 0 amide bonds. The second-order valence-electron chi connectivity index (χ2n) is 4.43. The monoisotopic (exact) mass is 344 g/mol. The summed E-state index contributed by atoms with van der Waals surface area (Å²) in [6.07, 6.45) is 0. The van der Waals surface area contributed by atoms with Crippen LogP contribution in [0.25, 0.3) is 0 Å². The van der Waals surface area contributed by atoms with Crippen molar-refractivity contribution in [3.8, 4) is 0 Å². The molecule has 110 valence electrons. The van der Waals surface area contributed by atoms with Crippen molar-refractivity contribution in [3.05, 3.63) is 67.1 Å². The van der Waals surface area contributed by atoms with Crippen molar-refractivity contribution in [1.29, 1.82) is 0 Å². The predicted molar refractivity (Wildman–Crippen MR) is 86.6 cm³/mol. The Hall–Kier alpha value is -1.49. The van der Waals surface area contributed by atoms with E-state index in [2.05, 4.69) is 5.32 Å². The van der Waals surface area contributed by atoms with Gasteiger partial charge in [0.05, 0.1) is 21.0 Å². The summed E-state index contributed by atoms with van der Waals surface area (Å²) < 4.78 is 0. The third-order valence-electron chi connectivity index (χ3n) is 2.98. The zero-order valence-corrected chi connectivity index (χ0v) is 13.2. The minimum atomic E-state index is -0.467. The van der Waals surface area contributed by atoms with Crippen LogP contribution in [0.5, 0.6) is 0 Å². The third kappa shape index (κ3) is 3.59. The molecule has 0 aliphatic heterocycles. The summed E-state index contributed by atoms with van der Waals surface area (Å²) in [5.74, 6) is 0. The van der Waals surface area contributed by atoms with Crippen molar-refractivity contribution < 1.29 is 4.92 Å². The molecule has 2 rings (SSSR count). The molecule has 4 nitrogen and oxygen atoms in total. The van der Waals surface area contributed by atoms with Crippen LogP contribution >= 0.6 is 34.8 Å². The van der Waals surface area contributed by atoms with Gasteiger partial charge in [-0.25, -0.2) is 0 Å². The SMILES string of the molecule is CC(Nc1cc(Cl)ccc1[N+](=O)[O-])c1cccc(Cl)c1Cl. The summed E-state index contributed by atoms with van der Waals surface area (Å²) >= 11 is 18.0. The highest BCUT2D eigenvalue weighted by atomic mass is 35.5. The second-order valence-corrected chi connectivity index (χ2v) is 5.65. The molecule has 2 aromatic carbocycles. The van der Waals surface area contributed by atoms with Crippen LogP contribution in [0.3, 0.4) is 0 Å². The number of hydrogen-bond donors (Lipinski definition) is 1. The van der Waals surface area contributed by atoms with E-state index in [4.69, 9.17) is 34.8 Å². The fraction of sp³-hybridized carbons (Fsp3) is 0.143. The minimum Gasteiger partial charge on any atom is -0.373 e. The molecule has 1 N–H and O–H groups in total. The van der Waals surface area contributed by atoms with Crippen molar-refractivity contribution in [2.24, 2.45) is 0 Å². The number of nitro benzene ring substituents is 1. The number of hydrogen-bond acceptors (Lipinski definition) is 3. The van der Waals surface area contributed by atoms with Gasteiger partial charge in [0, 0.05) is 11.1 Å². The van der Waals surface area contributed by atoms with E-state index in [9.17, 15) is 10.1 Å². The van der Waals surface area contributed by atoms with E-state index >= 15 is 0 Å². The molecular formula is C14H11Cl3N2O2. The first-order valence-electron chi connectivity index (χ1n) is 6.04. The van der Waals surface area contributed by atoms with Crippen LogP contribution in [-0.2, 0) is 0 Å². The van der Waals surface area contributed by atoms with Gasteiger partial charge >= 0.3 is 0 Å². The van der Waals surface area contributed by atoms with E-state index in [0.717, 1.165) is 5.56 Å². The molecule has 1 atom stereocenters. The van der Waals surface area contributed by atoms with Gasteiger partial charge in [-0.3, -0.25) is 10.1 Å². The van der Waals surface area contributed by atoms with Gasteiger partial charge in [0.15, 0.2) is 0 Å². The Balaban J connectivity index is 2.35. The topological polar surface area (TPSA) is 55.2 Å². The highest BCUT2D eigenvalue weighted by Gasteiger charge is 2.18. The van der Waals surface area contributed by atoms with Crippen molar-refractivity contribution in [2.45, 2.75) is 13.0 Å². The van der Waals surface area contributed by atoms with Crippen LogP contribution in [0.15, 0.2) is 36.4 Å². The summed E-state index contributed by atoms with van der Waals surface area (Å²) in [5.41, 5.74) is 1.03. The van der Waals surface area contributed by atoms with Gasteiger partial charge in [0.2, 0.25) is 0 Å². The summed E-state index contributed by atoms with van der Waals surface area (Å²) in [6, 6.07) is 9.33. The molecule has 21 heavy (non-hydrogen) atoms. The zero-order valence-electron chi connectivity index (χ0n) is 10.9. The lowest BCUT2D eigenvalue weighted by Gasteiger charge is -2.17. The molecule has 2 aromatic rings. The Morgan fingerprint density at radius 2 is 1.90 bits per heavy atom. The Morgan fingerprint density at radius 3 is 2.57 bits per heavy atom. The quantitative estimate of drug-likeness (QED) is 0.569. The van der Waals surface area contributed by atoms with Crippen molar-refractivity contribution >= 4 is 46.2 Å². The van der Waals surface area contributed by atoms with E-state index in [1.165, 1.54) is 18.2 Å². The smallest absolute Gasteiger partial charge is 0.292 e. The Morgan fingerprint density at radius 1 is 1.19 bits per heavy atom. The summed E-state index contributed by atoms with van der Waals surface area (Å²) in [7, 11) is 0. The lowest BCUT2D eigenvalue weighted by molar-refractivity contribution is -0.384. The van der Waals surface area contributed by atoms with E-state index < -0.39 is 4.92 Å². The first kappa shape index (κ1) is 15.9. The predicted octanol–water partition coefficient (Wildman–Crippen LogP) is 5.73. The molecule has 0 aromatic heterocycles. The number of halogens is 3. The molecular weight excluding hydrogens is 335 g/mol.